The Labute approximate surface area is 94.1 Å². The molecule has 0 saturated heterocycles. The van der Waals surface area contributed by atoms with E-state index in [1.165, 1.54) is 7.05 Å². The van der Waals surface area contributed by atoms with Gasteiger partial charge in [0.05, 0.1) is 0 Å². The second kappa shape index (κ2) is 4.51. The van der Waals surface area contributed by atoms with Crippen LogP contribution in [0.25, 0.3) is 0 Å². The Bertz CT molecular complexity index is 585. The summed E-state index contributed by atoms with van der Waals surface area (Å²) in [5.74, 6) is -0.941. The molecule has 0 atom stereocenters. The van der Waals surface area contributed by atoms with E-state index in [1.54, 1.807) is 0 Å². The Morgan fingerprint density at radius 2 is 1.88 bits per heavy atom. The van der Waals surface area contributed by atoms with Crippen molar-refractivity contribution in [2.45, 2.75) is 6.92 Å². The third-order valence-electron chi connectivity index (χ3n) is 1.84. The predicted molar refractivity (Wildman–Crippen MR) is 58.3 cm³/mol. The summed E-state index contributed by atoms with van der Waals surface area (Å²) in [6.07, 6.45) is -1.47. The number of carboxylic acid groups (broad SMARTS) is 1. The van der Waals surface area contributed by atoms with Gasteiger partial charge >= 0.3 is 11.8 Å². The summed E-state index contributed by atoms with van der Waals surface area (Å²) in [4.78, 5) is 46.3. The number of H-pyrrole nitrogens is 1. The zero-order valence-electron chi connectivity index (χ0n) is 9.03. The summed E-state index contributed by atoms with van der Waals surface area (Å²) in [5, 5.41) is 12.5. The second-order valence-corrected chi connectivity index (χ2v) is 3.16. The van der Waals surface area contributed by atoms with Crippen molar-refractivity contribution in [3.63, 3.8) is 0 Å². The first-order chi connectivity index (χ1) is 7.82. The van der Waals surface area contributed by atoms with E-state index in [0.717, 1.165) is 6.92 Å². The molecule has 0 aliphatic carbocycles. The van der Waals surface area contributed by atoms with Gasteiger partial charge in [0.25, 0.3) is 5.56 Å². The monoisotopic (exact) mass is 242 g/mol. The summed E-state index contributed by atoms with van der Waals surface area (Å²) in [6, 6.07) is 0. The van der Waals surface area contributed by atoms with Crippen LogP contribution < -0.4 is 21.9 Å². The Morgan fingerprint density at radius 3 is 2.35 bits per heavy atom. The van der Waals surface area contributed by atoms with Gasteiger partial charge in [0, 0.05) is 14.0 Å². The van der Waals surface area contributed by atoms with Crippen LogP contribution in [0.5, 0.6) is 0 Å². The number of nitrogens with zero attached hydrogens (tertiary/aromatic N) is 1. The lowest BCUT2D eigenvalue weighted by atomic mass is 10.4. The lowest BCUT2D eigenvalue weighted by Gasteiger charge is -2.09. The molecule has 1 aromatic heterocycles. The van der Waals surface area contributed by atoms with Gasteiger partial charge in [-0.1, -0.05) is 0 Å². The molecule has 9 heteroatoms. The highest BCUT2D eigenvalue weighted by atomic mass is 16.4. The quantitative estimate of drug-likeness (QED) is 0.534. The van der Waals surface area contributed by atoms with Crippen molar-refractivity contribution in [3.05, 3.63) is 20.8 Å². The van der Waals surface area contributed by atoms with Crippen molar-refractivity contribution in [1.82, 2.24) is 9.55 Å². The lowest BCUT2D eigenvalue weighted by molar-refractivity contribution is -0.114. The minimum atomic E-state index is -1.47. The Balaban J connectivity index is 3.46. The Hall–Kier alpha value is -2.58. The van der Waals surface area contributed by atoms with Gasteiger partial charge in [0.2, 0.25) is 5.91 Å². The molecule has 2 amide bonds. The molecular formula is C8H10N4O5. The molecule has 4 N–H and O–H groups in total. The van der Waals surface area contributed by atoms with Crippen molar-refractivity contribution >= 4 is 23.5 Å². The molecule has 17 heavy (non-hydrogen) atoms. The molecule has 0 saturated carbocycles. The molecule has 0 aliphatic heterocycles. The maximum Gasteiger partial charge on any atom is 0.410 e. The van der Waals surface area contributed by atoms with Gasteiger partial charge in [-0.3, -0.25) is 24.5 Å². The van der Waals surface area contributed by atoms with E-state index in [0.29, 0.717) is 4.57 Å². The zero-order valence-corrected chi connectivity index (χ0v) is 9.03. The van der Waals surface area contributed by atoms with Crippen molar-refractivity contribution < 1.29 is 14.7 Å². The Kier molecular flexibility index (Phi) is 3.31. The summed E-state index contributed by atoms with van der Waals surface area (Å²) in [6.45, 7) is 1.15. The van der Waals surface area contributed by atoms with Crippen molar-refractivity contribution in [2.24, 2.45) is 7.05 Å². The number of nitrogens with one attached hydrogen (secondary N) is 3. The van der Waals surface area contributed by atoms with Gasteiger partial charge in [-0.25, -0.2) is 9.59 Å². The summed E-state index contributed by atoms with van der Waals surface area (Å²) in [7, 11) is 1.19. The number of aromatic nitrogens is 2. The van der Waals surface area contributed by atoms with E-state index < -0.39 is 23.2 Å². The Morgan fingerprint density at radius 1 is 1.29 bits per heavy atom. The maximum atomic E-state index is 11.6. The molecule has 0 unspecified atom stereocenters. The molecule has 0 aromatic carbocycles. The second-order valence-electron chi connectivity index (χ2n) is 3.16. The van der Waals surface area contributed by atoms with E-state index in [4.69, 9.17) is 5.11 Å². The van der Waals surface area contributed by atoms with Crippen LogP contribution >= 0.6 is 0 Å². The number of hydrogen-bond acceptors (Lipinski definition) is 4. The maximum absolute atomic E-state index is 11.6. The van der Waals surface area contributed by atoms with Crippen molar-refractivity contribution in [3.8, 4) is 0 Å². The van der Waals surface area contributed by atoms with Crippen molar-refractivity contribution in [1.29, 1.82) is 0 Å². The third kappa shape index (κ3) is 2.71. The normalized spacial score (nSPS) is 9.76. The highest BCUT2D eigenvalue weighted by molar-refractivity contribution is 5.94. The van der Waals surface area contributed by atoms with Crippen LogP contribution in [-0.4, -0.2) is 26.7 Å². The fraction of sp³-hybridized carbons (Fsp3) is 0.250. The first kappa shape index (κ1) is 12.5. The minimum absolute atomic E-state index is 0.331. The topological polar surface area (TPSA) is 133 Å². The van der Waals surface area contributed by atoms with Crippen LogP contribution in [0, 0.1) is 0 Å². The van der Waals surface area contributed by atoms with Gasteiger partial charge in [0.1, 0.15) is 11.5 Å². The van der Waals surface area contributed by atoms with Crippen LogP contribution in [0.4, 0.5) is 16.3 Å². The first-order valence-corrected chi connectivity index (χ1v) is 4.43. The SMILES string of the molecule is CC(=O)Nc1c(NC(=O)O)[nH]c(=O)n(C)c1=O. The number of rotatable bonds is 2. The number of aromatic amines is 1. The number of amides is 2. The van der Waals surface area contributed by atoms with Crippen LogP contribution in [0.1, 0.15) is 6.92 Å². The molecule has 0 aliphatic rings. The molecule has 0 radical (unpaired) electrons. The van der Waals surface area contributed by atoms with E-state index in [2.05, 4.69) is 10.3 Å². The van der Waals surface area contributed by atoms with E-state index >= 15 is 0 Å². The molecule has 0 bridgehead atoms. The highest BCUT2D eigenvalue weighted by Crippen LogP contribution is 2.10. The van der Waals surface area contributed by atoms with Crippen LogP contribution in [0.2, 0.25) is 0 Å². The fourth-order valence-electron chi connectivity index (χ4n) is 1.11. The smallest absolute Gasteiger partial charge is 0.410 e. The molecule has 92 valence electrons. The summed E-state index contributed by atoms with van der Waals surface area (Å²) in [5.41, 5.74) is -1.94. The van der Waals surface area contributed by atoms with E-state index in [-0.39, 0.29) is 11.5 Å². The number of anilines is 2. The standard InChI is InChI=1S/C8H10N4O5/c1-3(13)9-4-5(11-8(16)17)10-7(15)12(2)6(4)14/h11H,1-2H3,(H,9,13)(H,10,15)(H,16,17). The number of carbonyl (C=O) groups excluding carboxylic acids is 1. The predicted octanol–water partition coefficient (Wildman–Crippen LogP) is -0.878. The molecule has 1 heterocycles. The number of carbonyl (C=O) groups is 2. The van der Waals surface area contributed by atoms with Gasteiger partial charge in [0.15, 0.2) is 0 Å². The molecular weight excluding hydrogens is 232 g/mol. The average Bonchev–Trinajstić information content (AvgIpc) is 2.20. The van der Waals surface area contributed by atoms with E-state index in [1.807, 2.05) is 5.32 Å². The van der Waals surface area contributed by atoms with Crippen LogP contribution in [0.15, 0.2) is 9.59 Å². The van der Waals surface area contributed by atoms with Crippen LogP contribution in [0.3, 0.4) is 0 Å². The molecule has 9 nitrogen and oxygen atoms in total. The fourth-order valence-corrected chi connectivity index (χ4v) is 1.11. The number of hydrogen-bond donors (Lipinski definition) is 4. The van der Waals surface area contributed by atoms with Gasteiger partial charge in [-0.15, -0.1) is 0 Å². The van der Waals surface area contributed by atoms with E-state index in [9.17, 15) is 19.2 Å². The van der Waals surface area contributed by atoms with Gasteiger partial charge in [-0.2, -0.15) is 0 Å². The first-order valence-electron chi connectivity index (χ1n) is 4.43. The molecule has 1 rings (SSSR count). The minimum Gasteiger partial charge on any atom is -0.465 e. The zero-order chi connectivity index (χ0) is 13.2. The molecule has 0 fully saturated rings. The largest absolute Gasteiger partial charge is 0.465 e. The summed E-state index contributed by atoms with van der Waals surface area (Å²) < 4.78 is 0.707. The van der Waals surface area contributed by atoms with Crippen molar-refractivity contribution in [2.75, 3.05) is 10.6 Å². The highest BCUT2D eigenvalue weighted by Gasteiger charge is 2.14. The van der Waals surface area contributed by atoms with Crippen LogP contribution in [-0.2, 0) is 11.8 Å². The van der Waals surface area contributed by atoms with Gasteiger partial charge < -0.3 is 10.4 Å². The average molecular weight is 242 g/mol. The third-order valence-corrected chi connectivity index (χ3v) is 1.84. The molecule has 0 spiro atoms. The lowest BCUT2D eigenvalue weighted by Crippen LogP contribution is -2.36. The molecule has 1 aromatic rings. The summed E-state index contributed by atoms with van der Waals surface area (Å²) >= 11 is 0. The van der Waals surface area contributed by atoms with Gasteiger partial charge in [-0.05, 0) is 0 Å².